The molecule has 1 aliphatic heterocycles. The van der Waals surface area contributed by atoms with Gasteiger partial charge in [0.2, 0.25) is 5.91 Å². The van der Waals surface area contributed by atoms with Crippen molar-refractivity contribution in [3.8, 4) is 0 Å². The lowest BCUT2D eigenvalue weighted by Gasteiger charge is -2.23. The molecule has 1 N–H and O–H groups in total. The number of rotatable bonds is 5. The van der Waals surface area contributed by atoms with E-state index in [2.05, 4.69) is 5.32 Å². The lowest BCUT2D eigenvalue weighted by molar-refractivity contribution is -0.119. The fourth-order valence-corrected chi connectivity index (χ4v) is 3.95. The molecular formula is C17H16F2N2O2S2. The van der Waals surface area contributed by atoms with Gasteiger partial charge in [-0.1, -0.05) is 17.8 Å². The zero-order valence-electron chi connectivity index (χ0n) is 13.2. The number of nitrogens with zero attached hydrogens (tertiary/aromatic N) is 1. The molecule has 1 aromatic heterocycles. The molecule has 132 valence electrons. The van der Waals surface area contributed by atoms with Crippen LogP contribution < -0.4 is 5.32 Å². The minimum absolute atomic E-state index is 0.128. The summed E-state index contributed by atoms with van der Waals surface area (Å²) < 4.78 is 24.7. The third-order valence-corrected chi connectivity index (χ3v) is 5.48. The first-order valence-corrected chi connectivity index (χ1v) is 9.51. The second-order valence-electron chi connectivity index (χ2n) is 5.53. The maximum absolute atomic E-state index is 12.5. The number of halogens is 2. The van der Waals surface area contributed by atoms with E-state index in [1.165, 1.54) is 23.5 Å². The highest BCUT2D eigenvalue weighted by Gasteiger charge is 2.34. The molecule has 3 rings (SSSR count). The number of thioether (sulfide) groups is 1. The fourth-order valence-electron chi connectivity index (χ4n) is 2.77. The normalized spacial score (nSPS) is 17.1. The summed E-state index contributed by atoms with van der Waals surface area (Å²) in [7, 11) is 0. The molecule has 1 aromatic carbocycles. The van der Waals surface area contributed by atoms with Crippen molar-refractivity contribution < 1.29 is 18.4 Å². The summed E-state index contributed by atoms with van der Waals surface area (Å²) in [6.07, 6.45) is 1.39. The highest BCUT2D eigenvalue weighted by atomic mass is 32.2. The number of likely N-dealkylation sites (tertiary alicyclic amines) is 1. The van der Waals surface area contributed by atoms with Crippen LogP contribution in [0.25, 0.3) is 0 Å². The first-order valence-electron chi connectivity index (χ1n) is 7.75. The van der Waals surface area contributed by atoms with Crippen molar-refractivity contribution in [2.75, 3.05) is 11.9 Å². The molecule has 0 aliphatic carbocycles. The molecule has 2 heterocycles. The summed E-state index contributed by atoms with van der Waals surface area (Å²) in [6, 6.07) is 9.30. The molecule has 2 amide bonds. The van der Waals surface area contributed by atoms with Gasteiger partial charge in [0, 0.05) is 17.1 Å². The van der Waals surface area contributed by atoms with Crippen molar-refractivity contribution >= 4 is 40.6 Å². The third-order valence-electron chi connectivity index (χ3n) is 3.90. The van der Waals surface area contributed by atoms with Crippen LogP contribution in [0.1, 0.15) is 22.5 Å². The van der Waals surface area contributed by atoms with Crippen LogP contribution in [0.5, 0.6) is 0 Å². The van der Waals surface area contributed by atoms with Crippen LogP contribution in [0.4, 0.5) is 14.5 Å². The van der Waals surface area contributed by atoms with E-state index in [9.17, 15) is 18.4 Å². The molecule has 25 heavy (non-hydrogen) atoms. The number of hydrogen-bond acceptors (Lipinski definition) is 4. The highest BCUT2D eigenvalue weighted by molar-refractivity contribution is 7.99. The zero-order valence-corrected chi connectivity index (χ0v) is 14.8. The number of thiophene rings is 1. The van der Waals surface area contributed by atoms with Crippen LogP contribution in [0, 0.1) is 0 Å². The van der Waals surface area contributed by atoms with Crippen molar-refractivity contribution in [3.05, 3.63) is 46.7 Å². The van der Waals surface area contributed by atoms with Crippen molar-refractivity contribution in [2.45, 2.75) is 29.5 Å². The van der Waals surface area contributed by atoms with Crippen molar-refractivity contribution in [1.82, 2.24) is 4.90 Å². The van der Waals surface area contributed by atoms with E-state index in [-0.39, 0.29) is 11.8 Å². The van der Waals surface area contributed by atoms with Gasteiger partial charge in [0.25, 0.3) is 11.7 Å². The first kappa shape index (κ1) is 17.9. The Hall–Kier alpha value is -1.93. The van der Waals surface area contributed by atoms with Gasteiger partial charge in [-0.25, -0.2) is 0 Å². The molecule has 1 aliphatic rings. The number of anilines is 1. The summed E-state index contributed by atoms with van der Waals surface area (Å²) in [5.41, 5.74) is 0.527. The van der Waals surface area contributed by atoms with Gasteiger partial charge in [-0.2, -0.15) is 8.78 Å². The van der Waals surface area contributed by atoms with E-state index in [4.69, 9.17) is 0 Å². The number of hydrogen-bond donors (Lipinski definition) is 1. The number of nitrogens with one attached hydrogen (secondary N) is 1. The van der Waals surface area contributed by atoms with Gasteiger partial charge >= 0.3 is 0 Å². The monoisotopic (exact) mass is 382 g/mol. The average molecular weight is 382 g/mol. The van der Waals surface area contributed by atoms with E-state index in [0.717, 1.165) is 6.42 Å². The van der Waals surface area contributed by atoms with Gasteiger partial charge in [-0.15, -0.1) is 11.3 Å². The van der Waals surface area contributed by atoms with Gasteiger partial charge in [0.1, 0.15) is 6.04 Å². The molecule has 0 bridgehead atoms. The molecular weight excluding hydrogens is 366 g/mol. The number of benzene rings is 1. The predicted molar refractivity (Wildman–Crippen MR) is 95.3 cm³/mol. The van der Waals surface area contributed by atoms with Gasteiger partial charge in [-0.05, 0) is 48.6 Å². The Morgan fingerprint density at radius 3 is 2.64 bits per heavy atom. The van der Waals surface area contributed by atoms with Crippen LogP contribution in [-0.4, -0.2) is 35.1 Å². The summed E-state index contributed by atoms with van der Waals surface area (Å²) >= 11 is 1.81. The summed E-state index contributed by atoms with van der Waals surface area (Å²) in [6.45, 7) is 0.554. The molecule has 0 spiro atoms. The summed E-state index contributed by atoms with van der Waals surface area (Å²) in [5.74, 6) is -2.86. The lowest BCUT2D eigenvalue weighted by Crippen LogP contribution is -2.42. The topological polar surface area (TPSA) is 49.4 Å². The van der Waals surface area contributed by atoms with Gasteiger partial charge in [-0.3, -0.25) is 9.59 Å². The smallest absolute Gasteiger partial charge is 0.288 e. The standard InChI is InChI=1S/C17H16F2N2O2S2/c18-17(19)25-12-7-5-11(6-8-12)20-15(22)13-3-1-9-21(13)16(23)14-4-2-10-24-14/h2,4-8,10,13,17H,1,3,9H2,(H,20,22). The Bertz CT molecular complexity index is 736. The number of carbonyl (C=O) groups excluding carboxylic acids is 2. The van der Waals surface area contributed by atoms with E-state index in [1.54, 1.807) is 23.1 Å². The molecule has 8 heteroatoms. The maximum Gasteiger partial charge on any atom is 0.288 e. The third kappa shape index (κ3) is 4.38. The van der Waals surface area contributed by atoms with Crippen LogP contribution in [0.3, 0.4) is 0 Å². The Morgan fingerprint density at radius 2 is 2.00 bits per heavy atom. The first-order chi connectivity index (χ1) is 12.0. The van der Waals surface area contributed by atoms with Crippen LogP contribution in [-0.2, 0) is 4.79 Å². The Kier molecular flexibility index (Phi) is 5.70. The van der Waals surface area contributed by atoms with E-state index < -0.39 is 11.8 Å². The summed E-state index contributed by atoms with van der Waals surface area (Å²) in [4.78, 5) is 27.7. The molecule has 1 atom stereocenters. The second kappa shape index (κ2) is 7.97. The summed E-state index contributed by atoms with van der Waals surface area (Å²) in [5, 5.41) is 4.60. The van der Waals surface area contributed by atoms with E-state index in [1.807, 2.05) is 11.4 Å². The number of amides is 2. The molecule has 2 aromatic rings. The molecule has 0 saturated carbocycles. The largest absolute Gasteiger partial charge is 0.326 e. The molecule has 0 radical (unpaired) electrons. The molecule has 1 fully saturated rings. The van der Waals surface area contributed by atoms with Crippen molar-refractivity contribution in [1.29, 1.82) is 0 Å². The predicted octanol–water partition coefficient (Wildman–Crippen LogP) is 4.31. The van der Waals surface area contributed by atoms with Gasteiger partial charge < -0.3 is 10.2 Å². The fraction of sp³-hybridized carbons (Fsp3) is 0.294. The Morgan fingerprint density at radius 1 is 1.24 bits per heavy atom. The highest BCUT2D eigenvalue weighted by Crippen LogP contribution is 2.27. The Labute approximate surface area is 152 Å². The average Bonchev–Trinajstić information content (AvgIpc) is 3.27. The van der Waals surface area contributed by atoms with Crippen LogP contribution in [0.2, 0.25) is 0 Å². The SMILES string of the molecule is O=C(Nc1ccc(SC(F)F)cc1)C1CCCN1C(=O)c1cccs1. The van der Waals surface area contributed by atoms with Crippen molar-refractivity contribution in [3.63, 3.8) is 0 Å². The van der Waals surface area contributed by atoms with E-state index in [0.29, 0.717) is 40.2 Å². The molecule has 1 unspecified atom stereocenters. The zero-order chi connectivity index (χ0) is 17.8. The van der Waals surface area contributed by atoms with Crippen LogP contribution >= 0.6 is 23.1 Å². The van der Waals surface area contributed by atoms with Crippen molar-refractivity contribution in [2.24, 2.45) is 0 Å². The molecule has 4 nitrogen and oxygen atoms in total. The number of alkyl halides is 2. The maximum atomic E-state index is 12.5. The van der Waals surface area contributed by atoms with E-state index >= 15 is 0 Å². The second-order valence-corrected chi connectivity index (χ2v) is 7.54. The minimum atomic E-state index is -2.48. The minimum Gasteiger partial charge on any atom is -0.326 e. The Balaban J connectivity index is 1.64. The quantitative estimate of drug-likeness (QED) is 0.784. The van der Waals surface area contributed by atoms with Crippen LogP contribution in [0.15, 0.2) is 46.7 Å². The lowest BCUT2D eigenvalue weighted by atomic mass is 10.2. The number of carbonyl (C=O) groups is 2. The van der Waals surface area contributed by atoms with Gasteiger partial charge in [0.05, 0.1) is 4.88 Å². The van der Waals surface area contributed by atoms with Gasteiger partial charge in [0.15, 0.2) is 0 Å². The molecule has 1 saturated heterocycles.